The summed E-state index contributed by atoms with van der Waals surface area (Å²) in [7, 11) is -0.950. The van der Waals surface area contributed by atoms with Gasteiger partial charge in [0.1, 0.15) is 0 Å². The fraction of sp³-hybridized carbons (Fsp3) is 1.00. The molecule has 1 N–H and O–H groups in total. The van der Waals surface area contributed by atoms with Crippen molar-refractivity contribution >= 4 is 9.76 Å². The highest BCUT2D eigenvalue weighted by Crippen LogP contribution is 2.21. The molecule has 0 aromatic rings. The zero-order valence-corrected chi connectivity index (χ0v) is 7.31. The van der Waals surface area contributed by atoms with E-state index in [1.54, 1.807) is 0 Å². The maximum Gasteiger partial charge on any atom is 0.189 e. The van der Waals surface area contributed by atoms with Crippen LogP contribution in [0, 0.1) is 0 Å². The molecule has 0 aromatic carbocycles. The van der Waals surface area contributed by atoms with Crippen molar-refractivity contribution < 1.29 is 9.53 Å². The maximum atomic E-state index is 8.96. The minimum absolute atomic E-state index is 0.0851. The number of hydrogen-bond donors (Lipinski definition) is 1. The van der Waals surface area contributed by atoms with Gasteiger partial charge in [-0.2, -0.15) is 0 Å². The predicted octanol–water partition coefficient (Wildman–Crippen LogP) is -0.0208. The lowest BCUT2D eigenvalue weighted by molar-refractivity contribution is -0.0136. The van der Waals surface area contributed by atoms with E-state index in [0.29, 0.717) is 0 Å². The van der Waals surface area contributed by atoms with Crippen molar-refractivity contribution in [3.63, 3.8) is 0 Å². The van der Waals surface area contributed by atoms with Crippen LogP contribution in [-0.4, -0.2) is 26.4 Å². The number of ether oxygens (including phenoxy) is 1. The van der Waals surface area contributed by atoms with E-state index in [4.69, 9.17) is 9.53 Å². The quantitative estimate of drug-likeness (QED) is 0.527. The lowest BCUT2D eigenvalue weighted by Crippen LogP contribution is -2.38. The molecule has 9 heavy (non-hydrogen) atoms. The second kappa shape index (κ2) is 2.81. The van der Waals surface area contributed by atoms with Crippen LogP contribution in [0.4, 0.5) is 0 Å². The van der Waals surface area contributed by atoms with E-state index in [2.05, 4.69) is 0 Å². The molecule has 0 bridgehead atoms. The number of rotatable bonds is 1. The first-order valence-electron chi connectivity index (χ1n) is 3.52. The van der Waals surface area contributed by atoms with Gasteiger partial charge >= 0.3 is 0 Å². The zero-order valence-electron chi connectivity index (χ0n) is 5.89. The minimum Gasteiger partial charge on any atom is -0.435 e. The van der Waals surface area contributed by atoms with Crippen LogP contribution in [0.5, 0.6) is 0 Å². The Morgan fingerprint density at radius 3 is 2.67 bits per heavy atom. The fourth-order valence-electron chi connectivity index (χ4n) is 1.12. The van der Waals surface area contributed by atoms with Crippen LogP contribution < -0.4 is 0 Å². The molecule has 1 unspecified atom stereocenters. The van der Waals surface area contributed by atoms with Crippen LogP contribution >= 0.6 is 0 Å². The Balaban J connectivity index is 2.37. The summed E-state index contributed by atoms with van der Waals surface area (Å²) in [4.78, 5) is 8.96. The Hall–Kier alpha value is 0.137. The third kappa shape index (κ3) is 1.78. The van der Waals surface area contributed by atoms with E-state index in [1.807, 2.05) is 6.92 Å². The van der Waals surface area contributed by atoms with E-state index in [9.17, 15) is 0 Å². The van der Waals surface area contributed by atoms with Crippen molar-refractivity contribution in [1.29, 1.82) is 0 Å². The van der Waals surface area contributed by atoms with Gasteiger partial charge in [-0.3, -0.25) is 0 Å². The molecule has 0 aromatic heterocycles. The van der Waals surface area contributed by atoms with Gasteiger partial charge in [0, 0.05) is 6.61 Å². The second-order valence-electron chi connectivity index (χ2n) is 2.91. The van der Waals surface area contributed by atoms with Crippen LogP contribution in [0.15, 0.2) is 0 Å². The summed E-state index contributed by atoms with van der Waals surface area (Å²) in [6, 6.07) is 0. The molecule has 1 fully saturated rings. The molecular weight excluding hydrogens is 132 g/mol. The molecule has 54 valence electrons. The van der Waals surface area contributed by atoms with Crippen molar-refractivity contribution in [3.8, 4) is 0 Å². The average molecular weight is 146 g/mol. The van der Waals surface area contributed by atoms with Crippen LogP contribution in [0.1, 0.15) is 26.2 Å². The molecule has 0 aliphatic carbocycles. The molecule has 2 nitrogen and oxygen atoms in total. The van der Waals surface area contributed by atoms with E-state index in [0.717, 1.165) is 13.0 Å². The average Bonchev–Trinajstić information content (AvgIpc) is 1.90. The van der Waals surface area contributed by atoms with Crippen molar-refractivity contribution in [2.75, 3.05) is 6.61 Å². The first-order valence-corrected chi connectivity index (χ1v) is 4.86. The summed E-state index contributed by atoms with van der Waals surface area (Å²) in [6.07, 6.45) is 3.46. The Morgan fingerprint density at radius 1 is 1.56 bits per heavy atom. The summed E-state index contributed by atoms with van der Waals surface area (Å²) >= 11 is 0. The Morgan fingerprint density at radius 2 is 2.33 bits per heavy atom. The topological polar surface area (TPSA) is 29.5 Å². The predicted molar refractivity (Wildman–Crippen MR) is 39.0 cm³/mol. The molecule has 1 aliphatic heterocycles. The van der Waals surface area contributed by atoms with E-state index in [1.165, 1.54) is 12.8 Å². The summed E-state index contributed by atoms with van der Waals surface area (Å²) in [5, 5.41) is -0.0851. The van der Waals surface area contributed by atoms with Crippen LogP contribution in [0.3, 0.4) is 0 Å². The third-order valence-electron chi connectivity index (χ3n) is 1.88. The largest absolute Gasteiger partial charge is 0.435 e. The lowest BCUT2D eigenvalue weighted by Gasteiger charge is -2.31. The highest BCUT2D eigenvalue weighted by Gasteiger charge is 2.26. The molecule has 0 spiro atoms. The van der Waals surface area contributed by atoms with Crippen molar-refractivity contribution in [3.05, 3.63) is 0 Å². The fourth-order valence-corrected chi connectivity index (χ4v) is 1.76. The van der Waals surface area contributed by atoms with Crippen LogP contribution in [0.25, 0.3) is 0 Å². The smallest absolute Gasteiger partial charge is 0.189 e. The lowest BCUT2D eigenvalue weighted by atomic mass is 10.1. The Bertz CT molecular complexity index is 89.1. The number of hydrogen-bond acceptors (Lipinski definition) is 2. The van der Waals surface area contributed by atoms with Crippen LogP contribution in [0.2, 0.25) is 0 Å². The van der Waals surface area contributed by atoms with E-state index < -0.39 is 9.76 Å². The molecule has 1 atom stereocenters. The standard InChI is InChI=1S/C6H14O2Si/c1-6(9-7)4-2-3-5-8-6/h7H,2-5,9H2,1H3. The second-order valence-corrected chi connectivity index (χ2v) is 4.73. The normalized spacial score (nSPS) is 38.0. The molecule has 3 heteroatoms. The summed E-state index contributed by atoms with van der Waals surface area (Å²) in [6.45, 7) is 2.88. The first kappa shape index (κ1) is 7.25. The van der Waals surface area contributed by atoms with Gasteiger partial charge in [-0.25, -0.2) is 0 Å². The highest BCUT2D eigenvalue weighted by molar-refractivity contribution is 6.29. The highest BCUT2D eigenvalue weighted by atomic mass is 28.2. The van der Waals surface area contributed by atoms with Gasteiger partial charge in [0.05, 0.1) is 5.22 Å². The summed E-state index contributed by atoms with van der Waals surface area (Å²) < 4.78 is 5.43. The Kier molecular flexibility index (Phi) is 2.27. The third-order valence-corrected chi connectivity index (χ3v) is 3.11. The maximum absolute atomic E-state index is 8.96. The van der Waals surface area contributed by atoms with Gasteiger partial charge in [0.2, 0.25) is 0 Å². The zero-order chi connectivity index (χ0) is 6.74. The monoisotopic (exact) mass is 146 g/mol. The molecule has 0 saturated carbocycles. The molecule has 1 rings (SSSR count). The molecular formula is C6H14O2Si. The molecule has 1 aliphatic rings. The van der Waals surface area contributed by atoms with Gasteiger partial charge in [-0.05, 0) is 26.2 Å². The molecule has 1 heterocycles. The van der Waals surface area contributed by atoms with E-state index in [-0.39, 0.29) is 5.22 Å². The SMILES string of the molecule is CC1([SiH2]O)CCCCO1. The minimum atomic E-state index is -0.950. The van der Waals surface area contributed by atoms with Gasteiger partial charge in [-0.15, -0.1) is 0 Å². The first-order chi connectivity index (χ1) is 4.27. The Labute approximate surface area is 58.2 Å². The van der Waals surface area contributed by atoms with Gasteiger partial charge < -0.3 is 9.53 Å². The summed E-state index contributed by atoms with van der Waals surface area (Å²) in [5.41, 5.74) is 0. The van der Waals surface area contributed by atoms with Crippen LogP contribution in [-0.2, 0) is 4.74 Å². The van der Waals surface area contributed by atoms with Gasteiger partial charge in [0.15, 0.2) is 9.76 Å². The van der Waals surface area contributed by atoms with Crippen molar-refractivity contribution in [2.45, 2.75) is 31.4 Å². The van der Waals surface area contributed by atoms with Gasteiger partial charge in [-0.1, -0.05) is 0 Å². The molecule has 1 saturated heterocycles. The molecule has 0 amide bonds. The molecule has 0 radical (unpaired) electrons. The van der Waals surface area contributed by atoms with Gasteiger partial charge in [0.25, 0.3) is 0 Å². The van der Waals surface area contributed by atoms with E-state index >= 15 is 0 Å². The summed E-state index contributed by atoms with van der Waals surface area (Å²) in [5.74, 6) is 0. The van der Waals surface area contributed by atoms with Crippen molar-refractivity contribution in [2.24, 2.45) is 0 Å². The van der Waals surface area contributed by atoms with Crippen molar-refractivity contribution in [1.82, 2.24) is 0 Å².